The minimum atomic E-state index is -4.10. The van der Waals surface area contributed by atoms with Gasteiger partial charge in [-0.1, -0.05) is 0 Å². The molecule has 0 saturated heterocycles. The number of ether oxygens (including phenoxy) is 1. The van der Waals surface area contributed by atoms with Crippen molar-refractivity contribution in [3.63, 3.8) is 0 Å². The molecule has 8 heteroatoms. The van der Waals surface area contributed by atoms with Gasteiger partial charge in [0.15, 0.2) is 4.90 Å². The van der Waals surface area contributed by atoms with Gasteiger partial charge in [0.05, 0.1) is 7.11 Å². The molecule has 0 saturated carbocycles. The molecule has 1 heterocycles. The monoisotopic (exact) mass is 239 g/mol. The van der Waals surface area contributed by atoms with Crippen LogP contribution in [-0.4, -0.2) is 21.5 Å². The molecule has 0 amide bonds. The Morgan fingerprint density at radius 1 is 1.64 bits per heavy atom. The first kappa shape index (κ1) is 11.0. The summed E-state index contributed by atoms with van der Waals surface area (Å²) in [5.74, 6) is -0.885. The highest BCUT2D eigenvalue weighted by molar-refractivity contribution is 7.89. The Balaban J connectivity index is 3.42. The molecule has 0 aliphatic rings. The number of rotatable bonds is 2. The fourth-order valence-corrected chi connectivity index (χ4v) is 2.02. The maximum absolute atomic E-state index is 11.0. The Morgan fingerprint density at radius 2 is 2.21 bits per heavy atom. The number of carbonyl (C=O) groups is 1. The molecule has 0 spiro atoms. The Bertz CT molecular complexity index is 463. The van der Waals surface area contributed by atoms with Gasteiger partial charge in [-0.25, -0.2) is 18.4 Å². The molecule has 0 aliphatic carbocycles. The SMILES string of the molecule is COC(=O)c1coc(Cl)c1S(N)(=O)=O. The topological polar surface area (TPSA) is 99.6 Å². The van der Waals surface area contributed by atoms with Crippen molar-refractivity contribution in [2.24, 2.45) is 5.14 Å². The lowest BCUT2D eigenvalue weighted by Crippen LogP contribution is -2.16. The van der Waals surface area contributed by atoms with Gasteiger partial charge >= 0.3 is 5.97 Å². The number of methoxy groups -OCH3 is 1. The summed E-state index contributed by atoms with van der Waals surface area (Å²) in [6.45, 7) is 0. The number of nitrogens with two attached hydrogens (primary N) is 1. The fraction of sp³-hybridized carbons (Fsp3) is 0.167. The number of sulfonamides is 1. The van der Waals surface area contributed by atoms with Gasteiger partial charge in [-0.05, 0) is 11.6 Å². The first-order valence-electron chi connectivity index (χ1n) is 3.26. The van der Waals surface area contributed by atoms with E-state index in [9.17, 15) is 13.2 Å². The van der Waals surface area contributed by atoms with Gasteiger partial charge < -0.3 is 9.15 Å². The van der Waals surface area contributed by atoms with Gasteiger partial charge in [-0.2, -0.15) is 0 Å². The second-order valence-corrected chi connectivity index (χ2v) is 4.13. The van der Waals surface area contributed by atoms with Crippen molar-refractivity contribution < 1.29 is 22.4 Å². The number of hydrogen-bond acceptors (Lipinski definition) is 5. The third-order valence-corrected chi connectivity index (χ3v) is 2.76. The summed E-state index contributed by atoms with van der Waals surface area (Å²) in [5.41, 5.74) is -0.319. The van der Waals surface area contributed by atoms with Gasteiger partial charge in [0.2, 0.25) is 15.2 Å². The summed E-state index contributed by atoms with van der Waals surface area (Å²) in [5, 5.41) is 4.35. The molecule has 0 aromatic carbocycles. The van der Waals surface area contributed by atoms with Crippen LogP contribution in [-0.2, 0) is 14.8 Å². The molecule has 1 rings (SSSR count). The predicted octanol–water partition coefficient (Wildman–Crippen LogP) is 0.367. The second kappa shape index (κ2) is 3.60. The summed E-state index contributed by atoms with van der Waals surface area (Å²) in [6.07, 6.45) is 0.869. The molecular formula is C6H6ClNO5S. The fourth-order valence-electron chi connectivity index (χ4n) is 0.839. The van der Waals surface area contributed by atoms with E-state index in [0.29, 0.717) is 0 Å². The average molecular weight is 240 g/mol. The summed E-state index contributed by atoms with van der Waals surface area (Å²) < 4.78 is 30.8. The van der Waals surface area contributed by atoms with E-state index in [2.05, 4.69) is 9.15 Å². The number of carbonyl (C=O) groups excluding carboxylic acids is 1. The lowest BCUT2D eigenvalue weighted by molar-refractivity contribution is 0.0596. The molecule has 2 N–H and O–H groups in total. The average Bonchev–Trinajstić information content (AvgIpc) is 2.44. The third kappa shape index (κ3) is 1.89. The maximum atomic E-state index is 11.0. The largest absolute Gasteiger partial charge is 0.465 e. The van der Waals surface area contributed by atoms with E-state index in [1.807, 2.05) is 0 Å². The molecule has 78 valence electrons. The summed E-state index contributed by atoms with van der Waals surface area (Å²) in [6, 6.07) is 0. The second-order valence-electron chi connectivity index (χ2n) is 2.29. The van der Waals surface area contributed by atoms with Crippen molar-refractivity contribution in [1.29, 1.82) is 0 Å². The Hall–Kier alpha value is -1.05. The van der Waals surface area contributed by atoms with Gasteiger partial charge in [0.1, 0.15) is 11.8 Å². The van der Waals surface area contributed by atoms with E-state index in [4.69, 9.17) is 16.7 Å². The molecule has 14 heavy (non-hydrogen) atoms. The van der Waals surface area contributed by atoms with E-state index in [-0.39, 0.29) is 5.56 Å². The summed E-state index contributed by atoms with van der Waals surface area (Å²) in [4.78, 5) is 10.5. The molecular weight excluding hydrogens is 234 g/mol. The van der Waals surface area contributed by atoms with Crippen LogP contribution in [0.15, 0.2) is 15.6 Å². The highest BCUT2D eigenvalue weighted by Gasteiger charge is 2.27. The zero-order chi connectivity index (χ0) is 10.9. The maximum Gasteiger partial charge on any atom is 0.342 e. The van der Waals surface area contributed by atoms with Crippen LogP contribution in [0, 0.1) is 0 Å². The molecule has 1 aromatic rings. The highest BCUT2D eigenvalue weighted by Crippen LogP contribution is 2.26. The Labute approximate surface area is 84.6 Å². The van der Waals surface area contributed by atoms with Crippen molar-refractivity contribution in [2.75, 3.05) is 7.11 Å². The number of primary sulfonamides is 1. The minimum Gasteiger partial charge on any atom is -0.465 e. The van der Waals surface area contributed by atoms with Crippen LogP contribution >= 0.6 is 11.6 Å². The Kier molecular flexibility index (Phi) is 2.84. The van der Waals surface area contributed by atoms with Gasteiger partial charge in [0.25, 0.3) is 0 Å². The van der Waals surface area contributed by atoms with Gasteiger partial charge in [-0.15, -0.1) is 0 Å². The number of furan rings is 1. The first-order valence-corrected chi connectivity index (χ1v) is 5.18. The normalized spacial score (nSPS) is 11.4. The number of hydrogen-bond donors (Lipinski definition) is 1. The zero-order valence-corrected chi connectivity index (χ0v) is 8.55. The molecule has 1 aromatic heterocycles. The van der Waals surface area contributed by atoms with Crippen molar-refractivity contribution in [2.45, 2.75) is 4.90 Å². The van der Waals surface area contributed by atoms with Gasteiger partial charge in [0, 0.05) is 0 Å². The molecule has 0 fully saturated rings. The van der Waals surface area contributed by atoms with Crippen LogP contribution in [0.4, 0.5) is 0 Å². The quantitative estimate of drug-likeness (QED) is 0.752. The lowest BCUT2D eigenvalue weighted by Gasteiger charge is -1.98. The van der Waals surface area contributed by atoms with E-state index < -0.39 is 26.1 Å². The standard InChI is InChI=1S/C6H6ClNO5S/c1-12-6(9)3-2-13-5(7)4(3)14(8,10)11/h2H,1H3,(H2,8,10,11). The van der Waals surface area contributed by atoms with E-state index in [1.165, 1.54) is 0 Å². The molecule has 0 radical (unpaired) electrons. The first-order chi connectivity index (χ1) is 6.38. The molecule has 0 bridgehead atoms. The van der Waals surface area contributed by atoms with Crippen molar-refractivity contribution in [1.82, 2.24) is 0 Å². The lowest BCUT2D eigenvalue weighted by atomic mass is 10.3. The van der Waals surface area contributed by atoms with Crippen LogP contribution in [0.3, 0.4) is 0 Å². The van der Waals surface area contributed by atoms with E-state index >= 15 is 0 Å². The van der Waals surface area contributed by atoms with E-state index in [1.54, 1.807) is 0 Å². The molecule has 6 nitrogen and oxygen atoms in total. The highest BCUT2D eigenvalue weighted by atomic mass is 35.5. The smallest absolute Gasteiger partial charge is 0.342 e. The van der Waals surface area contributed by atoms with Crippen molar-refractivity contribution in [3.05, 3.63) is 17.0 Å². The number of esters is 1. The Morgan fingerprint density at radius 3 is 2.64 bits per heavy atom. The van der Waals surface area contributed by atoms with Crippen LogP contribution in [0.25, 0.3) is 0 Å². The minimum absolute atomic E-state index is 0.319. The molecule has 0 aliphatic heterocycles. The van der Waals surface area contributed by atoms with E-state index in [0.717, 1.165) is 13.4 Å². The summed E-state index contributed by atoms with van der Waals surface area (Å²) in [7, 11) is -3.01. The van der Waals surface area contributed by atoms with Crippen molar-refractivity contribution in [3.8, 4) is 0 Å². The zero-order valence-electron chi connectivity index (χ0n) is 6.98. The van der Waals surface area contributed by atoms with Crippen molar-refractivity contribution >= 4 is 27.6 Å². The number of halogens is 1. The van der Waals surface area contributed by atoms with Crippen LogP contribution in [0.2, 0.25) is 5.22 Å². The molecule has 0 unspecified atom stereocenters. The third-order valence-electron chi connectivity index (χ3n) is 1.39. The summed E-state index contributed by atoms with van der Waals surface area (Å²) >= 11 is 5.40. The van der Waals surface area contributed by atoms with Crippen LogP contribution < -0.4 is 5.14 Å². The van der Waals surface area contributed by atoms with Gasteiger partial charge in [-0.3, -0.25) is 0 Å². The van der Waals surface area contributed by atoms with Crippen LogP contribution in [0.5, 0.6) is 0 Å². The predicted molar refractivity (Wildman–Crippen MR) is 46.4 cm³/mol. The molecule has 0 atom stereocenters. The van der Waals surface area contributed by atoms with Crippen LogP contribution in [0.1, 0.15) is 10.4 Å².